The van der Waals surface area contributed by atoms with E-state index >= 15 is 0 Å². The molecule has 1 aromatic carbocycles. The molecule has 0 aromatic heterocycles. The maximum absolute atomic E-state index is 8.93. The highest BCUT2D eigenvalue weighted by Gasteiger charge is 2.17. The summed E-state index contributed by atoms with van der Waals surface area (Å²) in [4.78, 5) is 0. The first-order valence-electron chi connectivity index (χ1n) is 5.20. The van der Waals surface area contributed by atoms with Crippen molar-refractivity contribution in [2.24, 2.45) is 5.41 Å². The largest absolute Gasteiger partial charge is 0.396 e. The lowest BCUT2D eigenvalue weighted by Gasteiger charge is -2.23. The lowest BCUT2D eigenvalue weighted by molar-refractivity contribution is 0.211. The molecule has 0 fully saturated rings. The Morgan fingerprint density at radius 1 is 1.29 bits per heavy atom. The van der Waals surface area contributed by atoms with Gasteiger partial charge in [0.1, 0.15) is 0 Å². The summed E-state index contributed by atoms with van der Waals surface area (Å²) in [5.41, 5.74) is 2.87. The summed E-state index contributed by atoms with van der Waals surface area (Å²) in [7, 11) is 0. The lowest BCUT2D eigenvalue weighted by atomic mass is 9.83. The van der Waals surface area contributed by atoms with Gasteiger partial charge in [0, 0.05) is 6.61 Å². The lowest BCUT2D eigenvalue weighted by Crippen LogP contribution is -2.16. The molecule has 0 aliphatic rings. The van der Waals surface area contributed by atoms with Crippen LogP contribution in [0.25, 0.3) is 0 Å². The number of benzene rings is 1. The van der Waals surface area contributed by atoms with Gasteiger partial charge in [0.05, 0.1) is 0 Å². The van der Waals surface area contributed by atoms with Crippen molar-refractivity contribution in [3.8, 4) is 0 Å². The first kappa shape index (κ1) is 11.3. The molecule has 0 spiro atoms. The molecular weight excluding hydrogens is 172 g/mol. The Bertz CT molecular complexity index is 289. The van der Waals surface area contributed by atoms with Crippen LogP contribution >= 0.6 is 0 Å². The van der Waals surface area contributed by atoms with E-state index in [1.54, 1.807) is 0 Å². The average molecular weight is 192 g/mol. The van der Waals surface area contributed by atoms with Gasteiger partial charge < -0.3 is 5.11 Å². The topological polar surface area (TPSA) is 20.2 Å². The van der Waals surface area contributed by atoms with Crippen LogP contribution in [0.4, 0.5) is 0 Å². The first-order valence-corrected chi connectivity index (χ1v) is 5.20. The van der Waals surface area contributed by atoms with E-state index in [2.05, 4.69) is 45.0 Å². The van der Waals surface area contributed by atoms with Crippen molar-refractivity contribution in [2.45, 2.75) is 33.6 Å². The minimum atomic E-state index is 0.197. The number of aryl methyl sites for hydroxylation is 1. The smallest absolute Gasteiger partial charge is 0.0436 e. The maximum Gasteiger partial charge on any atom is 0.0436 e. The van der Waals surface area contributed by atoms with E-state index in [1.165, 1.54) is 11.1 Å². The molecule has 0 aliphatic heterocycles. The number of aliphatic hydroxyl groups excluding tert-OH is 1. The molecule has 1 rings (SSSR count). The summed E-state index contributed by atoms with van der Waals surface area (Å²) in [6.45, 7) is 6.79. The molecule has 78 valence electrons. The molecule has 0 aliphatic carbocycles. The summed E-state index contributed by atoms with van der Waals surface area (Å²) in [6, 6.07) is 8.59. The standard InChI is InChI=1S/C13H20O/c1-11-5-4-6-12(9-11)10-13(2,3)7-8-14/h4-6,9,14H,7-8,10H2,1-3H3. The van der Waals surface area contributed by atoms with E-state index in [4.69, 9.17) is 5.11 Å². The quantitative estimate of drug-likeness (QED) is 0.777. The van der Waals surface area contributed by atoms with Gasteiger partial charge in [0.25, 0.3) is 0 Å². The van der Waals surface area contributed by atoms with Crippen LogP contribution in [0.3, 0.4) is 0 Å². The van der Waals surface area contributed by atoms with Crippen molar-refractivity contribution < 1.29 is 5.11 Å². The normalized spacial score (nSPS) is 11.7. The van der Waals surface area contributed by atoms with E-state index in [0.717, 1.165) is 12.8 Å². The van der Waals surface area contributed by atoms with Gasteiger partial charge >= 0.3 is 0 Å². The Labute approximate surface area is 86.8 Å². The molecule has 1 nitrogen and oxygen atoms in total. The number of hydrogen-bond donors (Lipinski definition) is 1. The molecule has 1 aromatic rings. The van der Waals surface area contributed by atoms with Crippen LogP contribution in [0.5, 0.6) is 0 Å². The fourth-order valence-electron chi connectivity index (χ4n) is 1.77. The van der Waals surface area contributed by atoms with Gasteiger partial charge in [-0.05, 0) is 30.7 Å². The Balaban J connectivity index is 2.68. The molecule has 0 saturated carbocycles. The highest BCUT2D eigenvalue weighted by Crippen LogP contribution is 2.25. The van der Waals surface area contributed by atoms with Crippen molar-refractivity contribution in [1.29, 1.82) is 0 Å². The predicted octanol–water partition coefficient (Wildman–Crippen LogP) is 2.95. The fraction of sp³-hybridized carbons (Fsp3) is 0.538. The molecule has 0 atom stereocenters. The minimum Gasteiger partial charge on any atom is -0.396 e. The van der Waals surface area contributed by atoms with Crippen LogP contribution in [-0.4, -0.2) is 11.7 Å². The summed E-state index contributed by atoms with van der Waals surface area (Å²) in [6.07, 6.45) is 1.90. The van der Waals surface area contributed by atoms with Crippen molar-refractivity contribution in [3.63, 3.8) is 0 Å². The monoisotopic (exact) mass is 192 g/mol. The van der Waals surface area contributed by atoms with Crippen LogP contribution in [0.15, 0.2) is 24.3 Å². The summed E-state index contributed by atoms with van der Waals surface area (Å²) < 4.78 is 0. The molecule has 1 heteroatoms. The molecule has 0 unspecified atom stereocenters. The van der Waals surface area contributed by atoms with Crippen LogP contribution in [0.2, 0.25) is 0 Å². The Morgan fingerprint density at radius 3 is 2.57 bits per heavy atom. The zero-order valence-corrected chi connectivity index (χ0v) is 9.38. The van der Waals surface area contributed by atoms with E-state index in [-0.39, 0.29) is 12.0 Å². The molecular formula is C13H20O. The van der Waals surface area contributed by atoms with Crippen molar-refractivity contribution in [1.82, 2.24) is 0 Å². The molecule has 0 bridgehead atoms. The highest BCUT2D eigenvalue weighted by atomic mass is 16.3. The Kier molecular flexibility index (Phi) is 3.70. The Hall–Kier alpha value is -0.820. The van der Waals surface area contributed by atoms with E-state index in [9.17, 15) is 0 Å². The molecule has 0 saturated heterocycles. The van der Waals surface area contributed by atoms with E-state index in [1.807, 2.05) is 0 Å². The molecule has 1 N–H and O–H groups in total. The molecule has 0 heterocycles. The highest BCUT2D eigenvalue weighted by molar-refractivity contribution is 5.23. The SMILES string of the molecule is Cc1cccc(CC(C)(C)CCO)c1. The van der Waals surface area contributed by atoms with Gasteiger partial charge in [0.2, 0.25) is 0 Å². The van der Waals surface area contributed by atoms with Crippen LogP contribution in [0.1, 0.15) is 31.4 Å². The third kappa shape index (κ3) is 3.51. The van der Waals surface area contributed by atoms with Crippen molar-refractivity contribution >= 4 is 0 Å². The second-order valence-corrected chi connectivity index (χ2v) is 4.80. The second-order valence-electron chi connectivity index (χ2n) is 4.80. The predicted molar refractivity (Wildman–Crippen MR) is 60.4 cm³/mol. The number of aliphatic hydroxyl groups is 1. The van der Waals surface area contributed by atoms with Crippen molar-refractivity contribution in [2.75, 3.05) is 6.61 Å². The number of hydrogen-bond acceptors (Lipinski definition) is 1. The van der Waals surface area contributed by atoms with Gasteiger partial charge in [-0.1, -0.05) is 43.7 Å². The molecule has 0 radical (unpaired) electrons. The van der Waals surface area contributed by atoms with E-state index in [0.29, 0.717) is 0 Å². The maximum atomic E-state index is 8.93. The van der Waals surface area contributed by atoms with Crippen LogP contribution < -0.4 is 0 Å². The zero-order valence-electron chi connectivity index (χ0n) is 9.38. The van der Waals surface area contributed by atoms with Gasteiger partial charge in [-0.15, -0.1) is 0 Å². The van der Waals surface area contributed by atoms with Crippen molar-refractivity contribution in [3.05, 3.63) is 35.4 Å². The summed E-state index contributed by atoms with van der Waals surface area (Å²) >= 11 is 0. The van der Waals surface area contributed by atoms with Gasteiger partial charge in [-0.2, -0.15) is 0 Å². The van der Waals surface area contributed by atoms with Crippen LogP contribution in [-0.2, 0) is 6.42 Å². The number of rotatable bonds is 4. The first-order chi connectivity index (χ1) is 6.53. The Morgan fingerprint density at radius 2 is 2.00 bits per heavy atom. The third-order valence-electron chi connectivity index (χ3n) is 2.55. The molecule has 14 heavy (non-hydrogen) atoms. The van der Waals surface area contributed by atoms with Gasteiger partial charge in [-0.3, -0.25) is 0 Å². The third-order valence-corrected chi connectivity index (χ3v) is 2.55. The summed E-state index contributed by atoms with van der Waals surface area (Å²) in [5, 5.41) is 8.93. The zero-order chi connectivity index (χ0) is 10.6. The van der Waals surface area contributed by atoms with Gasteiger partial charge in [-0.25, -0.2) is 0 Å². The van der Waals surface area contributed by atoms with Gasteiger partial charge in [0.15, 0.2) is 0 Å². The summed E-state index contributed by atoms with van der Waals surface area (Å²) in [5.74, 6) is 0. The minimum absolute atomic E-state index is 0.197. The average Bonchev–Trinajstić information content (AvgIpc) is 2.02. The molecule has 0 amide bonds. The fourth-order valence-corrected chi connectivity index (χ4v) is 1.77. The van der Waals surface area contributed by atoms with E-state index < -0.39 is 0 Å². The second kappa shape index (κ2) is 4.61. The van der Waals surface area contributed by atoms with Crippen LogP contribution in [0, 0.1) is 12.3 Å².